The molecule has 5 aliphatic rings. The molecule has 5 heterocycles. The largest absolute Gasteiger partial charge is 1.00 e. The molecule has 145 heavy (non-hydrogen) atoms. The highest BCUT2D eigenvalue weighted by molar-refractivity contribution is 7.87. The molecule has 0 aromatic heterocycles. The number of fused-ring (bicyclic) bond motifs is 10. The van der Waals surface area contributed by atoms with E-state index in [0.717, 1.165) is 163 Å². The number of ether oxygens (including phenoxy) is 1. The Morgan fingerprint density at radius 2 is 0.910 bits per heavy atom. The van der Waals surface area contributed by atoms with Crippen LogP contribution in [0.1, 0.15) is 154 Å². The molecule has 0 saturated heterocycles. The molecule has 5 aliphatic heterocycles. The Hall–Kier alpha value is -12.1. The van der Waals surface area contributed by atoms with Gasteiger partial charge in [-0.25, -0.2) is 9.57 Å². The van der Waals surface area contributed by atoms with E-state index in [1.165, 1.54) is 24.3 Å². The standard InChI is InChI=1S/C59H57F6N4O10S2.C41H41F6N4O9S2.2ClH/c1-56(2)50(66(48-34-28-40-18-10-12-20-46(40)52(48)56)36-14-16-38-80(74,75)78-54(58(60,61)62)42-24-30-44(31-25-42)68(70)71)22-8-6-5-7-9-23-51-57(3,4)53-47-21-13-11-19-41(47)29-35-49(53)67(51)37-15-17-39-81(76,77)79-55(59(63,64)65)43-26-32-45(33-27-43)69(72)73;1-26-8-10-27(11-9-26)38(40(42,43)44)59-61(54,55)20-4-18-49-16-2-6-29-22-32-36(24-34(29)49)58-37-25-35-30(23-33(37)48-32)7-3-17-50(35)19-5-21-62(56,57)60-39(41(45,46)47)28-12-14-31(15-13-28)51(52)53;;/h5-13,18-35,54-55H,14-17,36-39H2,1-4H3;8-15,22-25,38-39H,2-7,16-21H2,1H3;2*1H/q2*+1;;/p-2. The van der Waals surface area contributed by atoms with E-state index >= 15 is 0 Å². The Morgan fingerprint density at radius 3 is 1.41 bits per heavy atom. The van der Waals surface area contributed by atoms with E-state index < -0.39 is 172 Å². The minimum atomic E-state index is -5.13. The summed E-state index contributed by atoms with van der Waals surface area (Å²) in [6, 6.07) is 46.4. The molecule has 27 nitrogen and oxygen atoms in total. The Bertz CT molecular complexity index is 7330. The molecular weight excluding hydrogens is 2040 g/mol. The summed E-state index contributed by atoms with van der Waals surface area (Å²) in [5.41, 5.74) is 4.94. The number of rotatable bonds is 37. The van der Waals surface area contributed by atoms with Gasteiger partial charge in [-0.15, -0.1) is 0 Å². The van der Waals surface area contributed by atoms with Crippen molar-refractivity contribution < 1.29 is 152 Å². The quantitative estimate of drug-likeness (QED) is 0.00664. The Labute approximate surface area is 839 Å². The third kappa shape index (κ3) is 26.9. The first kappa shape index (κ1) is 112. The highest BCUT2D eigenvalue weighted by Gasteiger charge is 2.51. The second kappa shape index (κ2) is 45.1. The number of nitro benzene ring substituents is 3. The number of halogens is 14. The Morgan fingerprint density at radius 1 is 0.462 bits per heavy atom. The lowest BCUT2D eigenvalue weighted by Gasteiger charge is -2.32. The molecule has 15 rings (SSSR count). The molecule has 10 aromatic carbocycles. The van der Waals surface area contributed by atoms with E-state index in [-0.39, 0.29) is 82.0 Å². The number of nitro groups is 3. The average molecular weight is 2140 g/mol. The highest BCUT2D eigenvalue weighted by atomic mass is 35.5. The van der Waals surface area contributed by atoms with Crippen LogP contribution in [-0.4, -0.2) is 146 Å². The van der Waals surface area contributed by atoms with Crippen molar-refractivity contribution in [3.8, 4) is 11.5 Å². The molecule has 0 fully saturated rings. The molecule has 45 heteroatoms. The fourth-order valence-electron chi connectivity index (χ4n) is 18.4. The van der Waals surface area contributed by atoms with Crippen molar-refractivity contribution in [2.75, 3.05) is 72.1 Å². The maximum atomic E-state index is 14.1. The smallest absolute Gasteiger partial charge is 0.420 e. The van der Waals surface area contributed by atoms with Crippen LogP contribution in [0.4, 0.5) is 92.5 Å². The predicted octanol–water partition coefficient (Wildman–Crippen LogP) is 15.6. The van der Waals surface area contributed by atoms with Crippen LogP contribution in [0.3, 0.4) is 0 Å². The highest BCUT2D eigenvalue weighted by Crippen LogP contribution is 2.53. The number of nitrogens with zero attached hydrogens (tertiary/aromatic N) is 8. The van der Waals surface area contributed by atoms with E-state index in [4.69, 9.17) is 22.3 Å². The first-order chi connectivity index (χ1) is 67.3. The van der Waals surface area contributed by atoms with Gasteiger partial charge in [0.2, 0.25) is 11.0 Å². The molecule has 0 amide bonds. The van der Waals surface area contributed by atoms with Crippen LogP contribution in [0.25, 0.3) is 21.5 Å². The van der Waals surface area contributed by atoms with Gasteiger partial charge < -0.3 is 39.4 Å². The van der Waals surface area contributed by atoms with E-state index in [9.17, 15) is 117 Å². The van der Waals surface area contributed by atoms with Gasteiger partial charge in [0, 0.05) is 127 Å². The fraction of sp³-hybridized carbons (Fsp3) is 0.350. The first-order valence-electron chi connectivity index (χ1n) is 45.4. The third-order valence-electron chi connectivity index (χ3n) is 25.1. The van der Waals surface area contributed by atoms with E-state index in [1.807, 2.05) is 137 Å². The van der Waals surface area contributed by atoms with Crippen LogP contribution in [0, 0.1) is 37.3 Å². The van der Waals surface area contributed by atoms with Crippen molar-refractivity contribution >= 4 is 108 Å². The first-order valence-corrected chi connectivity index (χ1v) is 51.7. The summed E-state index contributed by atoms with van der Waals surface area (Å²) in [5, 5.41) is 38.5. The number of allylic oxidation sites excluding steroid dienone is 8. The summed E-state index contributed by atoms with van der Waals surface area (Å²) in [5.74, 6) is -1.97. The molecule has 0 N–H and O–H groups in total. The van der Waals surface area contributed by atoms with Gasteiger partial charge in [-0.05, 0) is 187 Å². The van der Waals surface area contributed by atoms with Gasteiger partial charge in [-0.3, -0.25) is 47.1 Å². The summed E-state index contributed by atoms with van der Waals surface area (Å²) in [6.07, 6.45) is -15.2. The third-order valence-corrected chi connectivity index (χ3v) is 30.2. The van der Waals surface area contributed by atoms with Crippen LogP contribution in [-0.2, 0) is 80.9 Å². The zero-order chi connectivity index (χ0) is 103. The van der Waals surface area contributed by atoms with Crippen molar-refractivity contribution in [3.63, 3.8) is 0 Å². The Balaban J connectivity index is 0.000000263. The normalized spacial score (nSPS) is 16.3. The summed E-state index contributed by atoms with van der Waals surface area (Å²) in [6.45, 7) is 12.1. The molecule has 0 saturated carbocycles. The van der Waals surface area contributed by atoms with Crippen LogP contribution in [0.2, 0.25) is 0 Å². The molecule has 4 unspecified atom stereocenters. The predicted molar refractivity (Wildman–Crippen MR) is 513 cm³/mol. The van der Waals surface area contributed by atoms with Gasteiger partial charge in [0.05, 0.1) is 49.3 Å². The topological polar surface area (TPSA) is 337 Å². The van der Waals surface area contributed by atoms with Crippen molar-refractivity contribution in [1.82, 2.24) is 4.58 Å². The summed E-state index contributed by atoms with van der Waals surface area (Å²) >= 11 is 0. The van der Waals surface area contributed by atoms with Crippen LogP contribution in [0.5, 0.6) is 11.5 Å². The molecule has 0 spiro atoms. The molecule has 0 bridgehead atoms. The number of non-ortho nitro benzene ring substituents is 3. The maximum absolute atomic E-state index is 14.1. The number of aryl methyl sites for hydroxylation is 3. The second-order valence-electron chi connectivity index (χ2n) is 36.0. The van der Waals surface area contributed by atoms with E-state index in [1.54, 1.807) is 19.1 Å². The zero-order valence-corrected chi connectivity index (χ0v) is 83.0. The van der Waals surface area contributed by atoms with Gasteiger partial charge in [0.1, 0.15) is 30.7 Å². The van der Waals surface area contributed by atoms with Gasteiger partial charge in [-0.1, -0.05) is 129 Å². The molecular formula is C100H98Cl2F12N8O19S4. The van der Waals surface area contributed by atoms with Gasteiger partial charge in [0.15, 0.2) is 41.6 Å². The van der Waals surface area contributed by atoms with Crippen LogP contribution < -0.4 is 54.6 Å². The number of unbranched alkanes of at least 4 members (excludes halogenated alkanes) is 2. The molecule has 774 valence electrons. The molecule has 10 aromatic rings. The van der Waals surface area contributed by atoms with Crippen molar-refractivity contribution in [3.05, 3.63) is 333 Å². The minimum Gasteiger partial charge on any atom is -1.00 e. The number of hydrogen-bond acceptors (Lipinski definition) is 22. The lowest BCUT2D eigenvalue weighted by atomic mass is 9.79. The molecule has 0 aliphatic carbocycles. The SMILES string of the molecule is CC1(C)C(/C=C/C=C/C=C/C=C2/N(CCCCS(=O)(=O)OC(c3ccc([N+](=O)[O-])cc3)C(F)(F)F)c3ccc4ccccc4c3C2(C)C)=[N+](CCCCS(=O)(=O)OC(c2ccc([N+](=O)[O-])cc2)C(F)(F)F)c2ccc3ccccc3c21.Cc1ccc(C(OS(=O)(=O)CCCN2CCCc3cc4c(cc32)Oc2cc3c(cc2=N4)CCC[N+]=3CCCS(=O)(=O)OC(c2ccc([N+](=O)[O-])cc2)C(F)(F)F)C(F)(F)F)cc1.[Cl-].[Cl-]. The summed E-state index contributed by atoms with van der Waals surface area (Å²) < 4.78 is 301. The number of alkyl halides is 12. The van der Waals surface area contributed by atoms with Crippen LogP contribution in [0.15, 0.2) is 247 Å². The van der Waals surface area contributed by atoms with E-state index in [0.29, 0.717) is 67.1 Å². The Kier molecular flexibility index (Phi) is 34.7. The van der Waals surface area contributed by atoms with Gasteiger partial charge >= 0.3 is 24.7 Å². The average Bonchev–Trinajstić information content (AvgIpc) is 1.62. The fourth-order valence-corrected chi connectivity index (χ4v) is 23.0. The number of hydrogen-bond donors (Lipinski definition) is 0. The molecule has 0 radical (unpaired) electrons. The van der Waals surface area contributed by atoms with Crippen molar-refractivity contribution in [2.24, 2.45) is 4.99 Å². The van der Waals surface area contributed by atoms with Crippen LogP contribution >= 0.6 is 0 Å². The van der Waals surface area contributed by atoms with E-state index in [2.05, 4.69) is 41.4 Å². The van der Waals surface area contributed by atoms with Crippen molar-refractivity contribution in [1.29, 1.82) is 0 Å². The lowest BCUT2D eigenvalue weighted by Crippen LogP contribution is -3.00. The van der Waals surface area contributed by atoms with Crippen molar-refractivity contribution in [2.45, 2.75) is 159 Å². The van der Waals surface area contributed by atoms with Gasteiger partial charge in [0.25, 0.3) is 57.5 Å². The second-order valence-corrected chi connectivity index (χ2v) is 42.8. The minimum absolute atomic E-state index is 0. The number of benzene rings is 10. The summed E-state index contributed by atoms with van der Waals surface area (Å²) in [7, 11) is -18.8. The monoisotopic (exact) mass is 2140 g/mol. The number of anilines is 2. The molecule has 4 atom stereocenters. The zero-order valence-electron chi connectivity index (χ0n) is 78.2. The van der Waals surface area contributed by atoms with Gasteiger partial charge in [-0.2, -0.15) is 90.9 Å². The lowest BCUT2D eigenvalue weighted by molar-refractivity contribution is -0.438. The maximum Gasteiger partial charge on any atom is 0.420 e. The summed E-state index contributed by atoms with van der Waals surface area (Å²) in [4.78, 5) is 39.6.